The van der Waals surface area contributed by atoms with Crippen molar-refractivity contribution in [1.82, 2.24) is 0 Å². The number of hydrogen-bond donors (Lipinski definition) is 1. The van der Waals surface area contributed by atoms with Crippen molar-refractivity contribution in [1.29, 1.82) is 0 Å². The number of carboxylic acids is 1. The van der Waals surface area contributed by atoms with Crippen LogP contribution in [0.25, 0.3) is 0 Å². The SMILES string of the molecule is CCOC(=O)C(C)c1ccc(OC)cc1.COc1ccc(CCC(=O)O)cc1. The van der Waals surface area contributed by atoms with Crippen LogP contribution in [0.2, 0.25) is 0 Å². The molecule has 1 unspecified atom stereocenters. The number of ether oxygens (including phenoxy) is 3. The molecule has 1 N–H and O–H groups in total. The fourth-order valence-electron chi connectivity index (χ4n) is 2.34. The van der Waals surface area contributed by atoms with Crippen molar-refractivity contribution < 1.29 is 28.9 Å². The molecule has 6 heteroatoms. The first-order chi connectivity index (χ1) is 13.4. The van der Waals surface area contributed by atoms with E-state index < -0.39 is 5.97 Å². The molecule has 0 bridgehead atoms. The zero-order valence-corrected chi connectivity index (χ0v) is 16.8. The van der Waals surface area contributed by atoms with Crippen molar-refractivity contribution in [2.24, 2.45) is 0 Å². The number of carbonyl (C=O) groups is 2. The third-order valence-corrected chi connectivity index (χ3v) is 4.04. The molecule has 0 aliphatic rings. The molecule has 6 nitrogen and oxygen atoms in total. The minimum Gasteiger partial charge on any atom is -0.497 e. The minimum atomic E-state index is -0.768. The number of aryl methyl sites for hydroxylation is 1. The summed E-state index contributed by atoms with van der Waals surface area (Å²) >= 11 is 0. The van der Waals surface area contributed by atoms with Crippen LogP contribution in [-0.2, 0) is 20.7 Å². The Morgan fingerprint density at radius 1 is 0.929 bits per heavy atom. The predicted molar refractivity (Wildman–Crippen MR) is 107 cm³/mol. The van der Waals surface area contributed by atoms with Gasteiger partial charge in [-0.2, -0.15) is 0 Å². The Kier molecular flexibility index (Phi) is 10.2. The van der Waals surface area contributed by atoms with E-state index in [4.69, 9.17) is 19.3 Å². The molecule has 0 fully saturated rings. The normalized spacial score (nSPS) is 10.9. The lowest BCUT2D eigenvalue weighted by Gasteiger charge is -2.11. The van der Waals surface area contributed by atoms with Gasteiger partial charge in [0.1, 0.15) is 11.5 Å². The van der Waals surface area contributed by atoms with Gasteiger partial charge in [-0.3, -0.25) is 9.59 Å². The molecular weight excluding hydrogens is 360 g/mol. The summed E-state index contributed by atoms with van der Waals surface area (Å²) in [6.07, 6.45) is 0.742. The van der Waals surface area contributed by atoms with E-state index in [0.29, 0.717) is 13.0 Å². The number of aliphatic carboxylic acids is 1. The zero-order chi connectivity index (χ0) is 20.9. The predicted octanol–water partition coefficient (Wildman–Crippen LogP) is 4.07. The van der Waals surface area contributed by atoms with Crippen LogP contribution >= 0.6 is 0 Å². The van der Waals surface area contributed by atoms with E-state index in [1.165, 1.54) is 0 Å². The van der Waals surface area contributed by atoms with Gasteiger partial charge in [0.15, 0.2) is 0 Å². The van der Waals surface area contributed by atoms with Crippen LogP contribution in [0.15, 0.2) is 48.5 Å². The molecule has 0 aromatic heterocycles. The van der Waals surface area contributed by atoms with Crippen molar-refractivity contribution in [3.8, 4) is 11.5 Å². The number of methoxy groups -OCH3 is 2. The second kappa shape index (κ2) is 12.4. The lowest BCUT2D eigenvalue weighted by atomic mass is 10.0. The van der Waals surface area contributed by atoms with E-state index in [1.807, 2.05) is 55.5 Å². The van der Waals surface area contributed by atoms with Gasteiger partial charge in [0, 0.05) is 6.42 Å². The van der Waals surface area contributed by atoms with E-state index in [9.17, 15) is 9.59 Å². The van der Waals surface area contributed by atoms with E-state index in [-0.39, 0.29) is 18.3 Å². The molecule has 28 heavy (non-hydrogen) atoms. The molecule has 0 heterocycles. The molecule has 1 atom stereocenters. The highest BCUT2D eigenvalue weighted by molar-refractivity contribution is 5.77. The van der Waals surface area contributed by atoms with Gasteiger partial charge in [0.2, 0.25) is 0 Å². The van der Waals surface area contributed by atoms with Crippen LogP contribution in [0, 0.1) is 0 Å². The highest BCUT2D eigenvalue weighted by Gasteiger charge is 2.15. The van der Waals surface area contributed by atoms with Crippen LogP contribution in [0.1, 0.15) is 37.3 Å². The number of benzene rings is 2. The van der Waals surface area contributed by atoms with Crippen molar-refractivity contribution in [2.45, 2.75) is 32.6 Å². The summed E-state index contributed by atoms with van der Waals surface area (Å²) in [5, 5.41) is 8.45. The van der Waals surface area contributed by atoms with Crippen LogP contribution in [0.4, 0.5) is 0 Å². The molecule has 0 aliphatic heterocycles. The average Bonchev–Trinajstić information content (AvgIpc) is 2.72. The quantitative estimate of drug-likeness (QED) is 0.687. The summed E-state index contributed by atoms with van der Waals surface area (Å²) in [4.78, 5) is 21.7. The first kappa shape index (κ1) is 23.0. The molecule has 0 spiro atoms. The molecule has 2 aromatic rings. The summed E-state index contributed by atoms with van der Waals surface area (Å²) in [6, 6.07) is 14.8. The summed E-state index contributed by atoms with van der Waals surface area (Å²) in [5.41, 5.74) is 1.96. The Morgan fingerprint density at radius 3 is 1.86 bits per heavy atom. The maximum atomic E-state index is 11.4. The first-order valence-corrected chi connectivity index (χ1v) is 9.06. The zero-order valence-electron chi connectivity index (χ0n) is 16.8. The fourth-order valence-corrected chi connectivity index (χ4v) is 2.34. The Bertz CT molecular complexity index is 722. The van der Waals surface area contributed by atoms with E-state index in [1.54, 1.807) is 21.1 Å². The second-order valence-electron chi connectivity index (χ2n) is 5.99. The third kappa shape index (κ3) is 8.12. The van der Waals surface area contributed by atoms with Gasteiger partial charge in [-0.15, -0.1) is 0 Å². The van der Waals surface area contributed by atoms with Gasteiger partial charge >= 0.3 is 11.9 Å². The summed E-state index contributed by atoms with van der Waals surface area (Å²) in [5.74, 6) is 0.392. The van der Waals surface area contributed by atoms with Crippen molar-refractivity contribution >= 4 is 11.9 Å². The second-order valence-corrected chi connectivity index (χ2v) is 5.99. The largest absolute Gasteiger partial charge is 0.497 e. The minimum absolute atomic E-state index is 0.173. The van der Waals surface area contributed by atoms with Crippen molar-refractivity contribution in [3.63, 3.8) is 0 Å². The molecule has 2 rings (SSSR count). The number of carboxylic acid groups (broad SMARTS) is 1. The molecule has 0 amide bonds. The van der Waals surface area contributed by atoms with Gasteiger partial charge in [-0.05, 0) is 55.7 Å². The fraction of sp³-hybridized carbons (Fsp3) is 0.364. The van der Waals surface area contributed by atoms with Crippen LogP contribution in [-0.4, -0.2) is 37.9 Å². The van der Waals surface area contributed by atoms with E-state index in [2.05, 4.69) is 0 Å². The smallest absolute Gasteiger partial charge is 0.313 e. The van der Waals surface area contributed by atoms with E-state index in [0.717, 1.165) is 22.6 Å². The van der Waals surface area contributed by atoms with Gasteiger partial charge in [0.05, 0.1) is 26.7 Å². The number of hydrogen-bond acceptors (Lipinski definition) is 5. The van der Waals surface area contributed by atoms with Crippen molar-refractivity contribution in [2.75, 3.05) is 20.8 Å². The summed E-state index contributed by atoms with van der Waals surface area (Å²) in [7, 11) is 3.22. The standard InChI is InChI=1S/C12H16O3.C10H12O3/c1-4-15-12(13)9(2)10-5-7-11(14-3)8-6-10;1-13-9-5-2-8(3-6-9)4-7-10(11)12/h5-9H,4H2,1-3H3;2-3,5-6H,4,7H2,1H3,(H,11,12). The van der Waals surface area contributed by atoms with Crippen LogP contribution in [0.3, 0.4) is 0 Å². The highest BCUT2D eigenvalue weighted by Crippen LogP contribution is 2.20. The molecule has 0 saturated heterocycles. The summed E-state index contributed by atoms with van der Waals surface area (Å²) < 4.78 is 15.0. The topological polar surface area (TPSA) is 82.1 Å². The molecular formula is C22H28O6. The van der Waals surface area contributed by atoms with Crippen LogP contribution < -0.4 is 9.47 Å². The third-order valence-electron chi connectivity index (χ3n) is 4.04. The monoisotopic (exact) mass is 388 g/mol. The molecule has 2 aromatic carbocycles. The first-order valence-electron chi connectivity index (χ1n) is 9.06. The Hall–Kier alpha value is -3.02. The molecule has 0 radical (unpaired) electrons. The number of esters is 1. The maximum Gasteiger partial charge on any atom is 0.313 e. The molecule has 0 aliphatic carbocycles. The number of carbonyl (C=O) groups excluding carboxylic acids is 1. The highest BCUT2D eigenvalue weighted by atomic mass is 16.5. The lowest BCUT2D eigenvalue weighted by Crippen LogP contribution is -2.12. The van der Waals surface area contributed by atoms with Gasteiger partial charge < -0.3 is 19.3 Å². The Morgan fingerprint density at radius 2 is 1.43 bits per heavy atom. The van der Waals surface area contributed by atoms with Gasteiger partial charge in [-0.25, -0.2) is 0 Å². The molecule has 0 saturated carbocycles. The number of rotatable bonds is 8. The average molecular weight is 388 g/mol. The lowest BCUT2D eigenvalue weighted by molar-refractivity contribution is -0.144. The molecule has 152 valence electrons. The Balaban J connectivity index is 0.000000283. The van der Waals surface area contributed by atoms with E-state index >= 15 is 0 Å². The Labute approximate surface area is 166 Å². The maximum absolute atomic E-state index is 11.4. The summed E-state index contributed by atoms with van der Waals surface area (Å²) in [6.45, 7) is 4.05. The van der Waals surface area contributed by atoms with Crippen LogP contribution in [0.5, 0.6) is 11.5 Å². The van der Waals surface area contributed by atoms with Gasteiger partial charge in [-0.1, -0.05) is 24.3 Å². The van der Waals surface area contributed by atoms with Gasteiger partial charge in [0.25, 0.3) is 0 Å². The van der Waals surface area contributed by atoms with Crippen molar-refractivity contribution in [3.05, 3.63) is 59.7 Å².